The molecule has 3 rings (SSSR count). The number of aliphatic hydroxyl groups is 1. The molecule has 0 saturated carbocycles. The van der Waals surface area contributed by atoms with Crippen LogP contribution in [0.2, 0.25) is 0 Å². The maximum absolute atomic E-state index is 9.90. The van der Waals surface area contributed by atoms with E-state index in [-0.39, 0.29) is 12.6 Å². The fourth-order valence-electron chi connectivity index (χ4n) is 2.51. The van der Waals surface area contributed by atoms with E-state index in [1.165, 1.54) is 6.21 Å². The summed E-state index contributed by atoms with van der Waals surface area (Å²) >= 11 is 0. The molecule has 0 spiro atoms. The number of hydrogen-bond donors (Lipinski definition) is 2. The molecule has 0 bridgehead atoms. The lowest BCUT2D eigenvalue weighted by atomic mass is 10.2. The minimum Gasteiger partial charge on any atom is -0.460 e. The lowest BCUT2D eigenvalue weighted by Gasteiger charge is -2.27. The molecule has 1 saturated heterocycles. The molecule has 0 atom stereocenters. The Morgan fingerprint density at radius 1 is 1.29 bits per heavy atom. The summed E-state index contributed by atoms with van der Waals surface area (Å²) in [5.41, 5.74) is 3.98. The van der Waals surface area contributed by atoms with Gasteiger partial charge in [0.2, 0.25) is 5.95 Å². The summed E-state index contributed by atoms with van der Waals surface area (Å²) < 4.78 is 11.0. The molecule has 1 fully saturated rings. The van der Waals surface area contributed by atoms with Gasteiger partial charge in [-0.2, -0.15) is 20.1 Å². The van der Waals surface area contributed by atoms with Gasteiger partial charge in [-0.05, 0) is 38.5 Å². The second kappa shape index (κ2) is 8.94. The smallest absolute Gasteiger partial charge is 0.321 e. The molecule has 0 amide bonds. The molecule has 9 nitrogen and oxygen atoms in total. The fraction of sp³-hybridized carbons (Fsp3) is 0.474. The normalized spacial score (nSPS) is 15.1. The number of ether oxygens (including phenoxy) is 2. The van der Waals surface area contributed by atoms with Crippen molar-refractivity contribution >= 4 is 17.9 Å². The van der Waals surface area contributed by atoms with E-state index in [4.69, 9.17) is 9.47 Å². The molecular weight excluding hydrogens is 360 g/mol. The molecule has 1 aliphatic heterocycles. The van der Waals surface area contributed by atoms with Crippen LogP contribution in [0.25, 0.3) is 0 Å². The van der Waals surface area contributed by atoms with Crippen molar-refractivity contribution in [2.45, 2.75) is 26.4 Å². The Balaban J connectivity index is 1.78. The van der Waals surface area contributed by atoms with Gasteiger partial charge >= 0.3 is 6.01 Å². The van der Waals surface area contributed by atoms with E-state index in [0.717, 1.165) is 11.3 Å². The highest BCUT2D eigenvalue weighted by molar-refractivity contribution is 5.75. The summed E-state index contributed by atoms with van der Waals surface area (Å²) in [5, 5.41) is 14.1. The topological polar surface area (TPSA) is 105 Å². The molecule has 1 aliphatic rings. The molecule has 0 aliphatic carbocycles. The number of aryl methyl sites for hydroxylation is 1. The summed E-state index contributed by atoms with van der Waals surface area (Å²) in [4.78, 5) is 15.1. The predicted molar refractivity (Wildman–Crippen MR) is 107 cm³/mol. The van der Waals surface area contributed by atoms with Gasteiger partial charge < -0.3 is 19.5 Å². The van der Waals surface area contributed by atoms with E-state index in [1.54, 1.807) is 13.8 Å². The van der Waals surface area contributed by atoms with Crippen LogP contribution < -0.4 is 15.1 Å². The average molecular weight is 386 g/mol. The van der Waals surface area contributed by atoms with Crippen molar-refractivity contribution in [2.24, 2.45) is 5.10 Å². The molecule has 150 valence electrons. The van der Waals surface area contributed by atoms with Crippen LogP contribution in [0.4, 0.5) is 11.6 Å². The highest BCUT2D eigenvalue weighted by Gasteiger charge is 2.19. The molecule has 9 heteroatoms. The average Bonchev–Trinajstić information content (AvgIpc) is 2.67. The van der Waals surface area contributed by atoms with Gasteiger partial charge in [-0.3, -0.25) is 5.43 Å². The number of morpholine rings is 1. The Morgan fingerprint density at radius 3 is 2.79 bits per heavy atom. The highest BCUT2D eigenvalue weighted by atomic mass is 16.5. The third-order valence-electron chi connectivity index (χ3n) is 3.86. The highest BCUT2D eigenvalue weighted by Crippen LogP contribution is 2.15. The first kappa shape index (κ1) is 20.0. The van der Waals surface area contributed by atoms with Crippen LogP contribution in [0.15, 0.2) is 29.4 Å². The Hall–Kier alpha value is -2.78. The van der Waals surface area contributed by atoms with E-state index >= 15 is 0 Å². The van der Waals surface area contributed by atoms with Crippen molar-refractivity contribution in [3.8, 4) is 6.01 Å². The standard InChI is InChI=1S/C19H26N6O3/c1-14-5-4-6-15(11-14)24-20-12-16-21-17(25-7-9-27-10-8-25)23-18(22-16)28-13-19(2,3)26/h4-6,11-12,24,26H,7-10,13H2,1-3H3. The molecular formula is C19H26N6O3. The predicted octanol–water partition coefficient (Wildman–Crippen LogP) is 1.61. The molecule has 2 heterocycles. The minimum atomic E-state index is -0.993. The van der Waals surface area contributed by atoms with Crippen LogP contribution in [0.5, 0.6) is 6.01 Å². The Morgan fingerprint density at radius 2 is 2.07 bits per heavy atom. The van der Waals surface area contributed by atoms with Gasteiger partial charge in [0.05, 0.1) is 30.7 Å². The Labute approximate surface area is 164 Å². The van der Waals surface area contributed by atoms with E-state index in [0.29, 0.717) is 38.1 Å². The third kappa shape index (κ3) is 6.14. The summed E-state index contributed by atoms with van der Waals surface area (Å²) in [5.74, 6) is 0.864. The van der Waals surface area contributed by atoms with Crippen molar-refractivity contribution in [2.75, 3.05) is 43.2 Å². The van der Waals surface area contributed by atoms with Crippen LogP contribution in [-0.4, -0.2) is 64.8 Å². The molecule has 28 heavy (non-hydrogen) atoms. The van der Waals surface area contributed by atoms with E-state index < -0.39 is 5.60 Å². The van der Waals surface area contributed by atoms with E-state index in [2.05, 4.69) is 25.5 Å². The van der Waals surface area contributed by atoms with Crippen molar-refractivity contribution in [3.05, 3.63) is 35.7 Å². The van der Waals surface area contributed by atoms with Gasteiger partial charge in [-0.25, -0.2) is 0 Å². The van der Waals surface area contributed by atoms with Crippen LogP contribution >= 0.6 is 0 Å². The van der Waals surface area contributed by atoms with Crippen molar-refractivity contribution in [1.29, 1.82) is 0 Å². The van der Waals surface area contributed by atoms with Gasteiger partial charge in [0, 0.05) is 13.1 Å². The molecule has 0 radical (unpaired) electrons. The number of hydrogen-bond acceptors (Lipinski definition) is 9. The first-order valence-electron chi connectivity index (χ1n) is 9.19. The maximum Gasteiger partial charge on any atom is 0.321 e. The lowest BCUT2D eigenvalue weighted by Crippen LogP contribution is -2.37. The number of aromatic nitrogens is 3. The van der Waals surface area contributed by atoms with Gasteiger partial charge in [0.25, 0.3) is 0 Å². The quantitative estimate of drug-likeness (QED) is 0.546. The summed E-state index contributed by atoms with van der Waals surface area (Å²) in [6.45, 7) is 8.00. The molecule has 2 aromatic rings. The van der Waals surface area contributed by atoms with Gasteiger partial charge in [-0.15, -0.1) is 0 Å². The maximum atomic E-state index is 9.90. The van der Waals surface area contributed by atoms with Gasteiger partial charge in [-0.1, -0.05) is 12.1 Å². The number of nitrogens with one attached hydrogen (secondary N) is 1. The number of benzene rings is 1. The van der Waals surface area contributed by atoms with Crippen LogP contribution in [0, 0.1) is 6.92 Å². The Bertz CT molecular complexity index is 816. The largest absolute Gasteiger partial charge is 0.460 e. The van der Waals surface area contributed by atoms with Crippen LogP contribution in [0.3, 0.4) is 0 Å². The monoisotopic (exact) mass is 386 g/mol. The molecule has 2 N–H and O–H groups in total. The number of anilines is 2. The summed E-state index contributed by atoms with van der Waals surface area (Å²) in [7, 11) is 0. The zero-order valence-electron chi connectivity index (χ0n) is 16.4. The summed E-state index contributed by atoms with van der Waals surface area (Å²) in [6, 6.07) is 8.03. The molecule has 1 aromatic heterocycles. The minimum absolute atomic E-state index is 0.0672. The number of hydrazone groups is 1. The summed E-state index contributed by atoms with van der Waals surface area (Å²) in [6.07, 6.45) is 1.52. The SMILES string of the molecule is Cc1cccc(NN=Cc2nc(OCC(C)(C)O)nc(N3CCOCC3)n2)c1. The zero-order chi connectivity index (χ0) is 20.0. The molecule has 0 unspecified atom stereocenters. The third-order valence-corrected chi connectivity index (χ3v) is 3.86. The van der Waals surface area contributed by atoms with Gasteiger partial charge in [0.15, 0.2) is 5.82 Å². The lowest BCUT2D eigenvalue weighted by molar-refractivity contribution is 0.0249. The first-order valence-corrected chi connectivity index (χ1v) is 9.19. The van der Waals surface area contributed by atoms with Crippen molar-refractivity contribution in [3.63, 3.8) is 0 Å². The van der Waals surface area contributed by atoms with Crippen molar-refractivity contribution in [1.82, 2.24) is 15.0 Å². The number of nitrogens with zero attached hydrogens (tertiary/aromatic N) is 5. The first-order chi connectivity index (χ1) is 13.4. The van der Waals surface area contributed by atoms with E-state index in [9.17, 15) is 5.11 Å². The van der Waals surface area contributed by atoms with E-state index in [1.807, 2.05) is 36.1 Å². The van der Waals surface area contributed by atoms with Crippen LogP contribution in [-0.2, 0) is 4.74 Å². The van der Waals surface area contributed by atoms with Gasteiger partial charge in [0.1, 0.15) is 6.61 Å². The second-order valence-corrected chi connectivity index (χ2v) is 7.22. The number of rotatable bonds is 7. The van der Waals surface area contributed by atoms with Crippen molar-refractivity contribution < 1.29 is 14.6 Å². The second-order valence-electron chi connectivity index (χ2n) is 7.22. The Kier molecular flexibility index (Phi) is 6.37. The zero-order valence-corrected chi connectivity index (χ0v) is 16.4. The van der Waals surface area contributed by atoms with Crippen LogP contribution in [0.1, 0.15) is 25.2 Å². The fourth-order valence-corrected chi connectivity index (χ4v) is 2.51. The molecule has 1 aromatic carbocycles.